The minimum atomic E-state index is -0.0777. The minimum absolute atomic E-state index is 0.0777. The first-order chi connectivity index (χ1) is 14.2. The van der Waals surface area contributed by atoms with Gasteiger partial charge in [0.15, 0.2) is 11.5 Å². The van der Waals surface area contributed by atoms with Gasteiger partial charge in [-0.15, -0.1) is 0 Å². The molecule has 5 rings (SSSR count). The van der Waals surface area contributed by atoms with Crippen molar-refractivity contribution in [2.75, 3.05) is 13.3 Å². The lowest BCUT2D eigenvalue weighted by molar-refractivity contribution is 0.174. The maximum absolute atomic E-state index is 12.9. The van der Waals surface area contributed by atoms with Crippen molar-refractivity contribution in [1.82, 2.24) is 20.0 Å². The third-order valence-electron chi connectivity index (χ3n) is 5.49. The molecule has 2 aliphatic heterocycles. The SMILES string of the molecule is Cn1cc([C@H]2CN(C(=O)NCc3ccc4c(c3)OCO4)Cc3ccccc32)cn1. The Morgan fingerprint density at radius 3 is 2.93 bits per heavy atom. The maximum Gasteiger partial charge on any atom is 0.317 e. The molecule has 2 aromatic carbocycles. The number of ether oxygens (including phenoxy) is 2. The summed E-state index contributed by atoms with van der Waals surface area (Å²) >= 11 is 0. The molecule has 0 bridgehead atoms. The molecule has 0 fully saturated rings. The summed E-state index contributed by atoms with van der Waals surface area (Å²) in [5.41, 5.74) is 4.53. The Labute approximate surface area is 168 Å². The van der Waals surface area contributed by atoms with Gasteiger partial charge in [-0.2, -0.15) is 5.10 Å². The quantitative estimate of drug-likeness (QED) is 0.747. The highest BCUT2D eigenvalue weighted by molar-refractivity contribution is 5.75. The standard InChI is InChI=1S/C22H22N4O3/c1-25-11-17(10-24-25)19-13-26(12-16-4-2-3-5-18(16)19)22(27)23-9-15-6-7-20-21(8-15)29-14-28-20/h2-8,10-11,19H,9,12-14H2,1H3,(H,23,27)/t19-/m1/s1. The molecule has 2 amide bonds. The van der Waals surface area contributed by atoms with E-state index in [0.717, 1.165) is 22.6 Å². The van der Waals surface area contributed by atoms with Crippen molar-refractivity contribution in [2.45, 2.75) is 19.0 Å². The van der Waals surface area contributed by atoms with Crippen LogP contribution in [0, 0.1) is 0 Å². The first-order valence-corrected chi connectivity index (χ1v) is 9.65. The highest BCUT2D eigenvalue weighted by Crippen LogP contribution is 2.34. The number of nitrogens with zero attached hydrogens (tertiary/aromatic N) is 3. The molecule has 1 atom stereocenters. The number of carbonyl (C=O) groups excluding carboxylic acids is 1. The smallest absolute Gasteiger partial charge is 0.317 e. The van der Waals surface area contributed by atoms with E-state index in [1.54, 1.807) is 4.68 Å². The highest BCUT2D eigenvalue weighted by Gasteiger charge is 2.29. The number of amides is 2. The van der Waals surface area contributed by atoms with Gasteiger partial charge in [-0.25, -0.2) is 4.79 Å². The molecule has 29 heavy (non-hydrogen) atoms. The largest absolute Gasteiger partial charge is 0.454 e. The Morgan fingerprint density at radius 2 is 2.07 bits per heavy atom. The van der Waals surface area contributed by atoms with Crippen LogP contribution in [0.2, 0.25) is 0 Å². The van der Waals surface area contributed by atoms with Crippen LogP contribution < -0.4 is 14.8 Å². The molecule has 0 spiro atoms. The predicted molar refractivity (Wildman–Crippen MR) is 107 cm³/mol. The zero-order valence-corrected chi connectivity index (χ0v) is 16.2. The van der Waals surface area contributed by atoms with Crippen LogP contribution >= 0.6 is 0 Å². The fourth-order valence-electron chi connectivity index (χ4n) is 4.01. The number of carbonyl (C=O) groups is 1. The third kappa shape index (κ3) is 3.40. The van der Waals surface area contributed by atoms with E-state index in [2.05, 4.69) is 28.6 Å². The number of hydrogen-bond donors (Lipinski definition) is 1. The topological polar surface area (TPSA) is 68.6 Å². The summed E-state index contributed by atoms with van der Waals surface area (Å²) in [6.45, 7) is 1.90. The Bertz CT molecular complexity index is 1060. The molecule has 2 aliphatic rings. The maximum atomic E-state index is 12.9. The van der Waals surface area contributed by atoms with Crippen LogP contribution in [0.3, 0.4) is 0 Å². The number of aryl methyl sites for hydroxylation is 1. The summed E-state index contributed by atoms with van der Waals surface area (Å²) in [5.74, 6) is 1.58. The molecule has 1 N–H and O–H groups in total. The van der Waals surface area contributed by atoms with E-state index in [1.165, 1.54) is 11.1 Å². The van der Waals surface area contributed by atoms with E-state index >= 15 is 0 Å². The summed E-state index contributed by atoms with van der Waals surface area (Å²) in [6, 6.07) is 14.0. The van der Waals surface area contributed by atoms with Crippen LogP contribution in [0.15, 0.2) is 54.9 Å². The van der Waals surface area contributed by atoms with E-state index in [9.17, 15) is 4.79 Å². The summed E-state index contributed by atoms with van der Waals surface area (Å²) in [6.07, 6.45) is 3.91. The molecule has 0 aliphatic carbocycles. The molecule has 0 radical (unpaired) electrons. The fraction of sp³-hybridized carbons (Fsp3) is 0.273. The zero-order valence-electron chi connectivity index (χ0n) is 16.2. The van der Waals surface area contributed by atoms with Gasteiger partial charge in [-0.05, 0) is 34.4 Å². The van der Waals surface area contributed by atoms with Crippen LogP contribution in [0.1, 0.15) is 28.2 Å². The van der Waals surface area contributed by atoms with E-state index < -0.39 is 0 Å². The highest BCUT2D eigenvalue weighted by atomic mass is 16.7. The van der Waals surface area contributed by atoms with E-state index in [1.807, 2.05) is 48.6 Å². The predicted octanol–water partition coefficient (Wildman–Crippen LogP) is 3.01. The van der Waals surface area contributed by atoms with Crippen LogP contribution in [0.25, 0.3) is 0 Å². The lowest BCUT2D eigenvalue weighted by Gasteiger charge is -2.34. The molecular weight excluding hydrogens is 368 g/mol. The molecule has 7 nitrogen and oxygen atoms in total. The number of rotatable bonds is 3. The van der Waals surface area contributed by atoms with Gasteiger partial charge in [0.05, 0.1) is 6.20 Å². The Morgan fingerprint density at radius 1 is 1.21 bits per heavy atom. The van der Waals surface area contributed by atoms with Gasteiger partial charge < -0.3 is 19.7 Å². The number of fused-ring (bicyclic) bond motifs is 2. The van der Waals surface area contributed by atoms with Crippen molar-refractivity contribution in [3.05, 3.63) is 77.1 Å². The third-order valence-corrected chi connectivity index (χ3v) is 5.49. The minimum Gasteiger partial charge on any atom is -0.454 e. The Kier molecular flexibility index (Phi) is 4.35. The molecule has 0 saturated carbocycles. The molecule has 3 heterocycles. The second-order valence-electron chi connectivity index (χ2n) is 7.43. The lowest BCUT2D eigenvalue weighted by Crippen LogP contribution is -2.44. The van der Waals surface area contributed by atoms with Crippen molar-refractivity contribution in [1.29, 1.82) is 0 Å². The Hall–Kier alpha value is -3.48. The van der Waals surface area contributed by atoms with Crippen molar-refractivity contribution in [2.24, 2.45) is 7.05 Å². The van der Waals surface area contributed by atoms with Crippen LogP contribution in [-0.2, 0) is 20.1 Å². The first kappa shape index (κ1) is 17.6. The van der Waals surface area contributed by atoms with Gasteiger partial charge in [-0.1, -0.05) is 30.3 Å². The second-order valence-corrected chi connectivity index (χ2v) is 7.43. The summed E-state index contributed by atoms with van der Waals surface area (Å²) in [4.78, 5) is 14.8. The van der Waals surface area contributed by atoms with Crippen molar-refractivity contribution in [3.8, 4) is 11.5 Å². The normalized spacial score (nSPS) is 17.1. The van der Waals surface area contributed by atoms with Crippen LogP contribution in [0.5, 0.6) is 11.5 Å². The first-order valence-electron chi connectivity index (χ1n) is 9.65. The van der Waals surface area contributed by atoms with Gasteiger partial charge in [0.2, 0.25) is 6.79 Å². The summed E-state index contributed by atoms with van der Waals surface area (Å²) < 4.78 is 12.6. The fourth-order valence-corrected chi connectivity index (χ4v) is 4.01. The van der Waals surface area contributed by atoms with Crippen molar-refractivity contribution < 1.29 is 14.3 Å². The summed E-state index contributed by atoms with van der Waals surface area (Å²) in [7, 11) is 1.91. The monoisotopic (exact) mass is 390 g/mol. The van der Waals surface area contributed by atoms with Gasteiger partial charge in [0, 0.05) is 38.8 Å². The van der Waals surface area contributed by atoms with Gasteiger partial charge >= 0.3 is 6.03 Å². The number of hydrogen-bond acceptors (Lipinski definition) is 4. The van der Waals surface area contributed by atoms with Crippen molar-refractivity contribution >= 4 is 6.03 Å². The van der Waals surface area contributed by atoms with Gasteiger partial charge in [0.25, 0.3) is 0 Å². The van der Waals surface area contributed by atoms with E-state index in [-0.39, 0.29) is 18.7 Å². The molecule has 3 aromatic rings. The average molecular weight is 390 g/mol. The molecule has 148 valence electrons. The van der Waals surface area contributed by atoms with Crippen molar-refractivity contribution in [3.63, 3.8) is 0 Å². The lowest BCUT2D eigenvalue weighted by atomic mass is 9.86. The van der Waals surface area contributed by atoms with E-state index in [4.69, 9.17) is 9.47 Å². The van der Waals surface area contributed by atoms with Crippen LogP contribution in [-0.4, -0.2) is 34.0 Å². The Balaban J connectivity index is 1.32. The molecule has 1 aromatic heterocycles. The number of aromatic nitrogens is 2. The van der Waals surface area contributed by atoms with Crippen LogP contribution in [0.4, 0.5) is 4.79 Å². The van der Waals surface area contributed by atoms with Gasteiger partial charge in [-0.3, -0.25) is 4.68 Å². The summed E-state index contributed by atoms with van der Waals surface area (Å²) in [5, 5.41) is 7.35. The second kappa shape index (κ2) is 7.16. The molecule has 7 heteroatoms. The molecule has 0 saturated heterocycles. The number of benzene rings is 2. The number of nitrogens with one attached hydrogen (secondary N) is 1. The van der Waals surface area contributed by atoms with E-state index in [0.29, 0.717) is 19.6 Å². The average Bonchev–Trinajstić information content (AvgIpc) is 3.39. The van der Waals surface area contributed by atoms with Gasteiger partial charge in [0.1, 0.15) is 0 Å². The number of urea groups is 1. The molecule has 0 unspecified atom stereocenters. The zero-order chi connectivity index (χ0) is 19.8. The molecular formula is C22H22N4O3.